The van der Waals surface area contributed by atoms with Gasteiger partial charge in [0.1, 0.15) is 0 Å². The topological polar surface area (TPSA) is 24.1 Å². The molecule has 5 rings (SSSR count). The van der Waals surface area contributed by atoms with Gasteiger partial charge in [-0.1, -0.05) is 81.4 Å². The Hall–Kier alpha value is -1.29. The van der Waals surface area contributed by atoms with Crippen molar-refractivity contribution in [3.05, 3.63) is 71.8 Å². The molecule has 2 bridgehead atoms. The molecule has 2 aromatic rings. The third kappa shape index (κ3) is 4.95. The van der Waals surface area contributed by atoms with Gasteiger partial charge in [-0.2, -0.15) is 13.5 Å². The second-order valence-electron chi connectivity index (χ2n) is 9.93. The molecule has 1 unspecified atom stereocenters. The molecule has 0 aromatic heterocycles. The summed E-state index contributed by atoms with van der Waals surface area (Å²) in [6, 6.07) is 22.6. The first kappa shape index (κ1) is 23.4. The quantitative estimate of drug-likeness (QED) is 0.514. The van der Waals surface area contributed by atoms with Gasteiger partial charge in [-0.15, -0.1) is 0 Å². The largest absolute Gasteiger partial charge is 0.315 e. The van der Waals surface area contributed by atoms with Crippen LogP contribution < -0.4 is 10.6 Å². The molecule has 3 aliphatic rings. The molecular weight excluding hydrogens is 384 g/mol. The minimum absolute atomic E-state index is 0. The molecular formula is C27H40N2S. The molecule has 2 N–H and O–H groups in total. The first-order chi connectivity index (χ1) is 14.1. The highest BCUT2D eigenvalue weighted by atomic mass is 32.1. The van der Waals surface area contributed by atoms with Crippen LogP contribution in [-0.4, -0.2) is 25.7 Å². The van der Waals surface area contributed by atoms with E-state index < -0.39 is 0 Å². The minimum Gasteiger partial charge on any atom is -0.315 e. The fourth-order valence-electron chi connectivity index (χ4n) is 6.03. The highest BCUT2D eigenvalue weighted by Gasteiger charge is 2.55. The summed E-state index contributed by atoms with van der Waals surface area (Å²) in [6.07, 6.45) is 3.96. The smallest absolute Gasteiger partial charge is 0.0101 e. The van der Waals surface area contributed by atoms with Gasteiger partial charge in [0.05, 0.1) is 0 Å². The minimum atomic E-state index is 0. The van der Waals surface area contributed by atoms with Crippen LogP contribution in [0, 0.1) is 23.2 Å². The summed E-state index contributed by atoms with van der Waals surface area (Å²) in [4.78, 5) is 0. The third-order valence-electron chi connectivity index (χ3n) is 8.08. The van der Waals surface area contributed by atoms with Crippen LogP contribution in [0.3, 0.4) is 0 Å². The summed E-state index contributed by atoms with van der Waals surface area (Å²) in [5.41, 5.74) is 3.41. The molecule has 164 valence electrons. The Bertz CT molecular complexity index is 721. The molecule has 3 fully saturated rings. The maximum atomic E-state index is 3.86. The molecule has 2 nitrogen and oxygen atoms in total. The predicted molar refractivity (Wildman–Crippen MR) is 134 cm³/mol. The van der Waals surface area contributed by atoms with Gasteiger partial charge in [0.2, 0.25) is 0 Å². The number of hydrogen-bond donors (Lipinski definition) is 2. The lowest BCUT2D eigenvalue weighted by molar-refractivity contribution is -0.114. The molecule has 3 aliphatic carbocycles. The molecule has 0 heterocycles. The molecule has 0 amide bonds. The Balaban J connectivity index is 0.00000256. The third-order valence-corrected chi connectivity index (χ3v) is 8.08. The van der Waals surface area contributed by atoms with Crippen molar-refractivity contribution in [1.82, 2.24) is 10.6 Å². The summed E-state index contributed by atoms with van der Waals surface area (Å²) < 4.78 is 0. The Labute approximate surface area is 190 Å². The Morgan fingerprint density at radius 1 is 0.867 bits per heavy atom. The van der Waals surface area contributed by atoms with Crippen LogP contribution in [0.4, 0.5) is 0 Å². The van der Waals surface area contributed by atoms with Gasteiger partial charge in [-0.25, -0.2) is 0 Å². The van der Waals surface area contributed by atoms with Crippen molar-refractivity contribution in [2.24, 2.45) is 23.2 Å². The highest BCUT2D eigenvalue weighted by Crippen LogP contribution is 2.61. The molecule has 3 heteroatoms. The van der Waals surface area contributed by atoms with Crippen molar-refractivity contribution in [3.63, 3.8) is 0 Å². The van der Waals surface area contributed by atoms with E-state index in [1.54, 1.807) is 0 Å². The lowest BCUT2D eigenvalue weighted by atomic mass is 9.45. The lowest BCUT2D eigenvalue weighted by Crippen LogP contribution is -2.60. The fourth-order valence-corrected chi connectivity index (χ4v) is 6.03. The van der Waals surface area contributed by atoms with Crippen LogP contribution in [0.15, 0.2) is 60.7 Å². The standard InChI is InChI=1S/C27H38N2.H2S/c1-20-25-18-23(27(25,2)3)19-26(20)29-17-16-28-15-14-24(21-10-6-4-7-11-21)22-12-8-5-9-13-22;/h4-13,20,23-26,28-29H,14-19H2,1-3H3;1H2/t20-,23+,25?,26-;/m1./s1. The van der Waals surface area contributed by atoms with E-state index in [0.717, 1.165) is 49.9 Å². The van der Waals surface area contributed by atoms with Crippen LogP contribution in [0.25, 0.3) is 0 Å². The van der Waals surface area contributed by atoms with E-state index in [0.29, 0.717) is 11.3 Å². The fraction of sp³-hybridized carbons (Fsp3) is 0.556. The monoisotopic (exact) mass is 424 g/mol. The van der Waals surface area contributed by atoms with Gasteiger partial charge < -0.3 is 10.6 Å². The Morgan fingerprint density at radius 3 is 2.00 bits per heavy atom. The normalized spacial score (nSPS) is 26.7. The highest BCUT2D eigenvalue weighted by molar-refractivity contribution is 7.59. The van der Waals surface area contributed by atoms with Crippen molar-refractivity contribution in [2.75, 3.05) is 19.6 Å². The number of fused-ring (bicyclic) bond motifs is 2. The van der Waals surface area contributed by atoms with Crippen LogP contribution in [0.5, 0.6) is 0 Å². The van der Waals surface area contributed by atoms with Crippen LogP contribution in [0.1, 0.15) is 57.1 Å². The van der Waals surface area contributed by atoms with Crippen molar-refractivity contribution < 1.29 is 0 Å². The number of benzene rings is 2. The van der Waals surface area contributed by atoms with Gasteiger partial charge in [-0.05, 0) is 60.1 Å². The van der Waals surface area contributed by atoms with E-state index >= 15 is 0 Å². The van der Waals surface area contributed by atoms with E-state index in [-0.39, 0.29) is 13.5 Å². The number of nitrogens with one attached hydrogen (secondary N) is 2. The Morgan fingerprint density at radius 2 is 1.47 bits per heavy atom. The maximum Gasteiger partial charge on any atom is 0.0101 e. The molecule has 4 atom stereocenters. The summed E-state index contributed by atoms with van der Waals surface area (Å²) in [6.45, 7) is 10.6. The predicted octanol–water partition coefficient (Wildman–Crippen LogP) is 5.57. The Kier molecular flexibility index (Phi) is 8.06. The summed E-state index contributed by atoms with van der Waals surface area (Å²) in [7, 11) is 0. The first-order valence-electron chi connectivity index (χ1n) is 11.6. The zero-order valence-corrected chi connectivity index (χ0v) is 19.9. The molecule has 30 heavy (non-hydrogen) atoms. The second kappa shape index (κ2) is 10.3. The average molecular weight is 425 g/mol. The molecule has 2 aromatic carbocycles. The van der Waals surface area contributed by atoms with E-state index in [1.807, 2.05) is 0 Å². The second-order valence-corrected chi connectivity index (χ2v) is 9.93. The zero-order valence-electron chi connectivity index (χ0n) is 18.9. The zero-order chi connectivity index (χ0) is 20.3. The van der Waals surface area contributed by atoms with Gasteiger partial charge in [-0.3, -0.25) is 0 Å². The van der Waals surface area contributed by atoms with Crippen LogP contribution >= 0.6 is 13.5 Å². The summed E-state index contributed by atoms with van der Waals surface area (Å²) >= 11 is 0. The van der Waals surface area contributed by atoms with E-state index in [9.17, 15) is 0 Å². The van der Waals surface area contributed by atoms with Gasteiger partial charge in [0.25, 0.3) is 0 Å². The number of hydrogen-bond acceptors (Lipinski definition) is 2. The van der Waals surface area contributed by atoms with E-state index in [4.69, 9.17) is 0 Å². The molecule has 0 spiro atoms. The molecule has 0 radical (unpaired) electrons. The van der Waals surface area contributed by atoms with Crippen molar-refractivity contribution in [1.29, 1.82) is 0 Å². The number of rotatable bonds is 9. The molecule has 0 aliphatic heterocycles. The van der Waals surface area contributed by atoms with Gasteiger partial charge in [0.15, 0.2) is 0 Å². The van der Waals surface area contributed by atoms with Crippen molar-refractivity contribution >= 4 is 13.5 Å². The van der Waals surface area contributed by atoms with E-state index in [2.05, 4.69) is 92.1 Å². The lowest BCUT2D eigenvalue weighted by Gasteiger charge is -2.62. The van der Waals surface area contributed by atoms with Crippen LogP contribution in [0.2, 0.25) is 0 Å². The van der Waals surface area contributed by atoms with Crippen molar-refractivity contribution in [3.8, 4) is 0 Å². The van der Waals surface area contributed by atoms with Gasteiger partial charge in [0, 0.05) is 25.0 Å². The van der Waals surface area contributed by atoms with Crippen molar-refractivity contribution in [2.45, 2.75) is 52.0 Å². The molecule has 3 saturated carbocycles. The first-order valence-corrected chi connectivity index (χ1v) is 11.6. The van der Waals surface area contributed by atoms with Gasteiger partial charge >= 0.3 is 0 Å². The summed E-state index contributed by atoms with van der Waals surface area (Å²) in [5, 5.41) is 7.54. The maximum absolute atomic E-state index is 3.86. The summed E-state index contributed by atoms with van der Waals surface area (Å²) in [5.74, 6) is 3.14. The molecule has 0 saturated heterocycles. The van der Waals surface area contributed by atoms with Crippen LogP contribution in [-0.2, 0) is 0 Å². The average Bonchev–Trinajstić information content (AvgIpc) is 2.75. The SMILES string of the molecule is C[C@@H]1C2C[C@@H](C[C@H]1NCCNCCC(c1ccccc1)c1ccccc1)C2(C)C.S. The van der Waals surface area contributed by atoms with E-state index in [1.165, 1.54) is 24.0 Å².